The fourth-order valence-corrected chi connectivity index (χ4v) is 2.63. The lowest BCUT2D eigenvalue weighted by molar-refractivity contribution is -0.137. The van der Waals surface area contributed by atoms with Crippen LogP contribution >= 0.6 is 0 Å². The molecule has 2 N–H and O–H groups in total. The number of likely N-dealkylation sites (tertiary alicyclic amines) is 1. The van der Waals surface area contributed by atoms with Crippen LogP contribution in [0.25, 0.3) is 0 Å². The molecule has 0 aromatic heterocycles. The van der Waals surface area contributed by atoms with Crippen LogP contribution in [0.3, 0.4) is 0 Å². The Bertz CT molecular complexity index is 333. The minimum Gasteiger partial charge on any atom is -0.481 e. The second kappa shape index (κ2) is 8.12. The van der Waals surface area contributed by atoms with Gasteiger partial charge in [0.2, 0.25) is 0 Å². The van der Waals surface area contributed by atoms with E-state index in [4.69, 9.17) is 5.11 Å². The largest absolute Gasteiger partial charge is 0.481 e. The average Bonchev–Trinajstić information content (AvgIpc) is 2.44. The van der Waals surface area contributed by atoms with Crippen LogP contribution < -0.4 is 5.32 Å². The highest BCUT2D eigenvalue weighted by atomic mass is 16.4. The van der Waals surface area contributed by atoms with Crippen LogP contribution in [0.5, 0.6) is 0 Å². The maximum Gasteiger partial charge on any atom is 0.317 e. The zero-order valence-electron chi connectivity index (χ0n) is 12.9. The van der Waals surface area contributed by atoms with Crippen LogP contribution in [-0.4, -0.2) is 40.6 Å². The van der Waals surface area contributed by atoms with Crippen LogP contribution in [0, 0.1) is 5.92 Å². The lowest BCUT2D eigenvalue weighted by Crippen LogP contribution is -2.51. The third-order valence-electron chi connectivity index (χ3n) is 4.43. The van der Waals surface area contributed by atoms with Crippen LogP contribution in [0.4, 0.5) is 4.79 Å². The van der Waals surface area contributed by atoms with Gasteiger partial charge < -0.3 is 15.3 Å². The number of carboxylic acid groups (broad SMARTS) is 1. The van der Waals surface area contributed by atoms with Crippen molar-refractivity contribution in [2.24, 2.45) is 5.92 Å². The van der Waals surface area contributed by atoms with E-state index in [1.54, 1.807) is 0 Å². The van der Waals surface area contributed by atoms with Gasteiger partial charge in [-0.2, -0.15) is 0 Å². The Kier molecular flexibility index (Phi) is 6.82. The van der Waals surface area contributed by atoms with Crippen molar-refractivity contribution in [3.8, 4) is 0 Å². The van der Waals surface area contributed by atoms with Crippen molar-refractivity contribution in [3.63, 3.8) is 0 Å². The van der Waals surface area contributed by atoms with Crippen molar-refractivity contribution in [1.29, 1.82) is 0 Å². The molecule has 1 aliphatic rings. The summed E-state index contributed by atoms with van der Waals surface area (Å²) in [6.07, 6.45) is 4.72. The minimum atomic E-state index is -0.788. The Morgan fingerprint density at radius 3 is 2.65 bits per heavy atom. The average molecular weight is 284 g/mol. The summed E-state index contributed by atoms with van der Waals surface area (Å²) in [6, 6.07) is 0.187. The fraction of sp³-hybridized carbons (Fsp3) is 0.867. The first-order chi connectivity index (χ1) is 9.45. The molecule has 3 unspecified atom stereocenters. The van der Waals surface area contributed by atoms with E-state index < -0.39 is 5.97 Å². The molecular weight excluding hydrogens is 256 g/mol. The summed E-state index contributed by atoms with van der Waals surface area (Å²) >= 11 is 0. The van der Waals surface area contributed by atoms with E-state index in [-0.39, 0.29) is 24.5 Å². The zero-order chi connectivity index (χ0) is 15.1. The third kappa shape index (κ3) is 5.02. The molecule has 0 aromatic rings. The Balaban J connectivity index is 2.55. The zero-order valence-corrected chi connectivity index (χ0v) is 12.9. The number of carboxylic acids is 1. The van der Waals surface area contributed by atoms with Crippen molar-refractivity contribution in [3.05, 3.63) is 0 Å². The molecule has 0 aromatic carbocycles. The maximum absolute atomic E-state index is 12.4. The Labute approximate surface area is 121 Å². The van der Waals surface area contributed by atoms with Crippen molar-refractivity contribution in [1.82, 2.24) is 10.2 Å². The van der Waals surface area contributed by atoms with Gasteiger partial charge in [0.15, 0.2) is 0 Å². The maximum atomic E-state index is 12.4. The highest BCUT2D eigenvalue weighted by molar-refractivity contribution is 5.75. The van der Waals surface area contributed by atoms with Gasteiger partial charge in [0.25, 0.3) is 0 Å². The number of nitrogens with one attached hydrogen (secondary N) is 1. The molecule has 0 spiro atoms. The Morgan fingerprint density at radius 1 is 1.35 bits per heavy atom. The molecule has 1 heterocycles. The predicted molar refractivity (Wildman–Crippen MR) is 78.7 cm³/mol. The van der Waals surface area contributed by atoms with Gasteiger partial charge in [-0.25, -0.2) is 4.79 Å². The molecule has 5 heteroatoms. The number of hydrogen-bond acceptors (Lipinski definition) is 2. The summed E-state index contributed by atoms with van der Waals surface area (Å²) in [6.45, 7) is 7.01. The highest BCUT2D eigenvalue weighted by Crippen LogP contribution is 2.21. The second-order valence-corrected chi connectivity index (χ2v) is 5.90. The lowest BCUT2D eigenvalue weighted by Gasteiger charge is -2.37. The SMILES string of the molecule is CCC(C)C(C)NC(=O)N1CCCCC1CCC(=O)O. The van der Waals surface area contributed by atoms with Gasteiger partial charge in [0.05, 0.1) is 0 Å². The molecular formula is C15H28N2O3. The molecule has 2 amide bonds. The summed E-state index contributed by atoms with van der Waals surface area (Å²) in [5, 5.41) is 11.9. The topological polar surface area (TPSA) is 69.6 Å². The number of urea groups is 1. The number of piperidine rings is 1. The number of aliphatic carboxylic acids is 1. The minimum absolute atomic E-state index is 0.0344. The smallest absolute Gasteiger partial charge is 0.317 e. The van der Waals surface area contributed by atoms with Gasteiger partial charge in [-0.1, -0.05) is 20.3 Å². The van der Waals surface area contributed by atoms with Gasteiger partial charge >= 0.3 is 12.0 Å². The van der Waals surface area contributed by atoms with E-state index in [0.29, 0.717) is 12.3 Å². The number of carbonyl (C=O) groups excluding carboxylic acids is 1. The predicted octanol–water partition coefficient (Wildman–Crippen LogP) is 2.85. The monoisotopic (exact) mass is 284 g/mol. The summed E-state index contributed by atoms with van der Waals surface area (Å²) in [7, 11) is 0. The highest BCUT2D eigenvalue weighted by Gasteiger charge is 2.28. The summed E-state index contributed by atoms with van der Waals surface area (Å²) in [5.74, 6) is -0.342. The van der Waals surface area contributed by atoms with Gasteiger partial charge in [-0.15, -0.1) is 0 Å². The van der Waals surface area contributed by atoms with Crippen LogP contribution in [0.15, 0.2) is 0 Å². The number of rotatable bonds is 6. The molecule has 5 nitrogen and oxygen atoms in total. The summed E-state index contributed by atoms with van der Waals surface area (Å²) < 4.78 is 0. The lowest BCUT2D eigenvalue weighted by atomic mass is 9.98. The molecule has 1 rings (SSSR count). The number of carbonyl (C=O) groups is 2. The van der Waals surface area contributed by atoms with E-state index in [2.05, 4.69) is 19.2 Å². The van der Waals surface area contributed by atoms with Crippen molar-refractivity contribution in [2.75, 3.05) is 6.54 Å². The van der Waals surface area contributed by atoms with Crippen LogP contribution in [0.1, 0.15) is 59.3 Å². The number of nitrogens with zero attached hydrogens (tertiary/aromatic N) is 1. The molecule has 0 aliphatic carbocycles. The van der Waals surface area contributed by atoms with E-state index in [1.165, 1.54) is 0 Å². The normalized spacial score (nSPS) is 22.1. The fourth-order valence-electron chi connectivity index (χ4n) is 2.63. The summed E-state index contributed by atoms with van der Waals surface area (Å²) in [4.78, 5) is 24.9. The van der Waals surface area contributed by atoms with E-state index in [1.807, 2.05) is 11.8 Å². The molecule has 20 heavy (non-hydrogen) atoms. The first kappa shape index (κ1) is 16.8. The first-order valence-electron chi connectivity index (χ1n) is 7.74. The second-order valence-electron chi connectivity index (χ2n) is 5.90. The van der Waals surface area contributed by atoms with Gasteiger partial charge in [0, 0.05) is 25.0 Å². The molecule has 0 radical (unpaired) electrons. The van der Waals surface area contributed by atoms with Crippen molar-refractivity contribution < 1.29 is 14.7 Å². The Morgan fingerprint density at radius 2 is 2.05 bits per heavy atom. The third-order valence-corrected chi connectivity index (χ3v) is 4.43. The molecule has 3 atom stereocenters. The molecule has 0 bridgehead atoms. The van der Waals surface area contributed by atoms with E-state index in [0.717, 1.165) is 32.2 Å². The van der Waals surface area contributed by atoms with E-state index in [9.17, 15) is 9.59 Å². The molecule has 1 fully saturated rings. The van der Waals surface area contributed by atoms with Crippen molar-refractivity contribution >= 4 is 12.0 Å². The number of amides is 2. The van der Waals surface area contributed by atoms with E-state index >= 15 is 0 Å². The molecule has 1 aliphatic heterocycles. The quantitative estimate of drug-likeness (QED) is 0.788. The summed E-state index contributed by atoms with van der Waals surface area (Å²) in [5.41, 5.74) is 0. The van der Waals surface area contributed by atoms with Gasteiger partial charge in [-0.3, -0.25) is 4.79 Å². The number of hydrogen-bond donors (Lipinski definition) is 2. The van der Waals surface area contributed by atoms with Crippen LogP contribution in [-0.2, 0) is 4.79 Å². The molecule has 0 saturated carbocycles. The first-order valence-corrected chi connectivity index (χ1v) is 7.74. The van der Waals surface area contributed by atoms with Gasteiger partial charge in [0.1, 0.15) is 0 Å². The molecule has 1 saturated heterocycles. The van der Waals surface area contributed by atoms with Gasteiger partial charge in [-0.05, 0) is 38.5 Å². The van der Waals surface area contributed by atoms with Crippen molar-refractivity contribution in [2.45, 2.75) is 71.4 Å². The standard InChI is InChI=1S/C15H28N2O3/c1-4-11(2)12(3)16-15(20)17-10-6-5-7-13(17)8-9-14(18)19/h11-13H,4-10H2,1-3H3,(H,16,20)(H,18,19). The molecule has 116 valence electrons. The van der Waals surface area contributed by atoms with Crippen LogP contribution in [0.2, 0.25) is 0 Å². The Hall–Kier alpha value is -1.26.